The van der Waals surface area contributed by atoms with E-state index in [-0.39, 0.29) is 28.9 Å². The minimum atomic E-state index is -4.69. The Bertz CT molecular complexity index is 1100. The summed E-state index contributed by atoms with van der Waals surface area (Å²) >= 11 is 0. The molecule has 1 heterocycles. The highest BCUT2D eigenvalue weighted by atomic mass is 32.2. The van der Waals surface area contributed by atoms with Crippen LogP contribution in [0.2, 0.25) is 0 Å². The average Bonchev–Trinajstić information content (AvgIpc) is 2.78. The van der Waals surface area contributed by atoms with Crippen LogP contribution in [0.25, 0.3) is 0 Å². The number of carbonyl (C=O) groups excluding carboxylic acids is 2. The molecule has 1 aliphatic rings. The van der Waals surface area contributed by atoms with E-state index in [0.717, 1.165) is 12.1 Å². The molecule has 2 aromatic rings. The lowest BCUT2D eigenvalue weighted by atomic mass is 9.96. The second-order valence-corrected chi connectivity index (χ2v) is 9.32. The molecule has 1 saturated heterocycles. The van der Waals surface area contributed by atoms with Crippen molar-refractivity contribution in [3.63, 3.8) is 0 Å². The fourth-order valence-corrected chi connectivity index (χ4v) is 4.39. The van der Waals surface area contributed by atoms with Gasteiger partial charge in [-0.25, -0.2) is 17.5 Å². The number of sulfonamides is 1. The van der Waals surface area contributed by atoms with Crippen LogP contribution in [0.4, 0.5) is 23.2 Å². The van der Waals surface area contributed by atoms with Gasteiger partial charge in [0, 0.05) is 24.3 Å². The van der Waals surface area contributed by atoms with Crippen LogP contribution in [0.15, 0.2) is 53.4 Å². The maximum Gasteiger partial charge on any atom is 0.402 e. The first-order valence-electron chi connectivity index (χ1n) is 9.97. The van der Waals surface area contributed by atoms with E-state index >= 15 is 0 Å². The maximum absolute atomic E-state index is 13.1. The predicted octanol–water partition coefficient (Wildman–Crippen LogP) is 3.16. The Morgan fingerprint density at radius 2 is 1.67 bits per heavy atom. The van der Waals surface area contributed by atoms with E-state index in [1.165, 1.54) is 46.0 Å². The molecule has 12 heteroatoms. The number of amides is 2. The highest BCUT2D eigenvalue weighted by Gasteiger charge is 2.31. The minimum Gasteiger partial charge on any atom is -0.338 e. The molecule has 1 unspecified atom stereocenters. The zero-order valence-corrected chi connectivity index (χ0v) is 18.0. The van der Waals surface area contributed by atoms with Gasteiger partial charge in [-0.1, -0.05) is 0 Å². The first kappa shape index (κ1) is 24.6. The van der Waals surface area contributed by atoms with Crippen molar-refractivity contribution in [2.24, 2.45) is 5.92 Å². The Morgan fingerprint density at radius 3 is 2.27 bits per heavy atom. The first-order chi connectivity index (χ1) is 15.4. The number of rotatable bonds is 6. The number of likely N-dealkylation sites (tertiary alicyclic amines) is 1. The summed E-state index contributed by atoms with van der Waals surface area (Å²) in [7, 11) is -4.36. The summed E-state index contributed by atoms with van der Waals surface area (Å²) < 4.78 is 75.2. The lowest BCUT2D eigenvalue weighted by Crippen LogP contribution is -2.43. The third-order valence-electron chi connectivity index (χ3n) is 5.07. The SMILES string of the molecule is O=C(Nc1ccc(S(=O)(=O)NCC(F)(F)F)cc1)C1CCCN(C(=O)c2ccc(F)cc2)C1. The summed E-state index contributed by atoms with van der Waals surface area (Å²) in [5, 5.41) is 2.63. The summed E-state index contributed by atoms with van der Waals surface area (Å²) in [6, 6.07) is 9.82. The fourth-order valence-electron chi connectivity index (χ4n) is 3.37. The molecule has 0 spiro atoms. The van der Waals surface area contributed by atoms with Crippen molar-refractivity contribution in [3.05, 3.63) is 59.9 Å². The highest BCUT2D eigenvalue weighted by Crippen LogP contribution is 2.22. The van der Waals surface area contributed by atoms with Gasteiger partial charge in [0.15, 0.2) is 0 Å². The molecule has 0 saturated carbocycles. The average molecular weight is 487 g/mol. The second-order valence-electron chi connectivity index (χ2n) is 7.55. The Morgan fingerprint density at radius 1 is 1.03 bits per heavy atom. The molecule has 0 radical (unpaired) electrons. The molecule has 1 atom stereocenters. The van der Waals surface area contributed by atoms with Crippen molar-refractivity contribution >= 4 is 27.5 Å². The van der Waals surface area contributed by atoms with Gasteiger partial charge in [0.2, 0.25) is 15.9 Å². The number of hydrogen-bond donors (Lipinski definition) is 2. The van der Waals surface area contributed by atoms with Crippen molar-refractivity contribution in [2.45, 2.75) is 23.9 Å². The molecule has 2 amide bonds. The van der Waals surface area contributed by atoms with Crippen molar-refractivity contribution in [1.29, 1.82) is 0 Å². The largest absolute Gasteiger partial charge is 0.402 e. The molecule has 1 aliphatic heterocycles. The van der Waals surface area contributed by atoms with Crippen LogP contribution in [0.1, 0.15) is 23.2 Å². The van der Waals surface area contributed by atoms with Gasteiger partial charge in [-0.05, 0) is 61.4 Å². The Hall–Kier alpha value is -2.99. The van der Waals surface area contributed by atoms with E-state index < -0.39 is 34.5 Å². The summed E-state index contributed by atoms with van der Waals surface area (Å²) in [4.78, 5) is 26.4. The van der Waals surface area contributed by atoms with Crippen LogP contribution >= 0.6 is 0 Å². The van der Waals surface area contributed by atoms with E-state index in [0.29, 0.717) is 24.9 Å². The molecule has 0 aliphatic carbocycles. The standard InChI is InChI=1S/C21H21F4N3O4S/c22-16-5-3-14(4-6-16)20(30)28-11-1-2-15(12-28)19(29)27-17-7-9-18(10-8-17)33(31,32)26-13-21(23,24)25/h3-10,15,26H,1-2,11-13H2,(H,27,29). The van der Waals surface area contributed by atoms with Crippen LogP contribution in [0.5, 0.6) is 0 Å². The van der Waals surface area contributed by atoms with Gasteiger partial charge < -0.3 is 10.2 Å². The molecular formula is C21H21F4N3O4S. The lowest BCUT2D eigenvalue weighted by molar-refractivity contribution is -0.122. The minimum absolute atomic E-state index is 0.163. The lowest BCUT2D eigenvalue weighted by Gasteiger charge is -2.32. The smallest absolute Gasteiger partial charge is 0.338 e. The van der Waals surface area contributed by atoms with Crippen LogP contribution in [-0.2, 0) is 14.8 Å². The van der Waals surface area contributed by atoms with Crippen LogP contribution < -0.4 is 10.0 Å². The highest BCUT2D eigenvalue weighted by molar-refractivity contribution is 7.89. The van der Waals surface area contributed by atoms with Crippen molar-refractivity contribution in [2.75, 3.05) is 25.0 Å². The van der Waals surface area contributed by atoms with E-state index in [1.807, 2.05) is 0 Å². The quantitative estimate of drug-likeness (QED) is 0.612. The van der Waals surface area contributed by atoms with Gasteiger partial charge in [0.05, 0.1) is 10.8 Å². The topological polar surface area (TPSA) is 95.6 Å². The molecule has 178 valence electrons. The van der Waals surface area contributed by atoms with Crippen molar-refractivity contribution in [3.8, 4) is 0 Å². The summed E-state index contributed by atoms with van der Waals surface area (Å²) in [5.74, 6) is -1.66. The molecule has 0 bridgehead atoms. The maximum atomic E-state index is 13.1. The molecule has 33 heavy (non-hydrogen) atoms. The van der Waals surface area contributed by atoms with E-state index in [1.54, 1.807) is 0 Å². The van der Waals surface area contributed by atoms with E-state index in [9.17, 15) is 35.6 Å². The molecule has 7 nitrogen and oxygen atoms in total. The zero-order chi connectivity index (χ0) is 24.2. The number of piperidine rings is 1. The summed E-state index contributed by atoms with van der Waals surface area (Å²) in [6.07, 6.45) is -3.56. The third-order valence-corrected chi connectivity index (χ3v) is 6.48. The van der Waals surface area contributed by atoms with Gasteiger partial charge in [-0.15, -0.1) is 0 Å². The first-order valence-corrected chi connectivity index (χ1v) is 11.4. The number of nitrogens with one attached hydrogen (secondary N) is 2. The number of hydrogen-bond acceptors (Lipinski definition) is 4. The van der Waals surface area contributed by atoms with Gasteiger partial charge >= 0.3 is 6.18 Å². The molecule has 0 aromatic heterocycles. The van der Waals surface area contributed by atoms with E-state index in [2.05, 4.69) is 5.32 Å². The number of nitrogens with zero attached hydrogens (tertiary/aromatic N) is 1. The van der Waals surface area contributed by atoms with E-state index in [4.69, 9.17) is 0 Å². The fraction of sp³-hybridized carbons (Fsp3) is 0.333. The molecule has 1 fully saturated rings. The molecule has 3 rings (SSSR count). The number of benzene rings is 2. The summed E-state index contributed by atoms with van der Waals surface area (Å²) in [5.41, 5.74) is 0.574. The van der Waals surface area contributed by atoms with Crippen LogP contribution in [0, 0.1) is 11.7 Å². The number of anilines is 1. The Labute approximate surface area is 187 Å². The third kappa shape index (κ3) is 6.75. The molecular weight excluding hydrogens is 466 g/mol. The van der Waals surface area contributed by atoms with Gasteiger partial charge in [-0.3, -0.25) is 9.59 Å². The van der Waals surface area contributed by atoms with Gasteiger partial charge in [-0.2, -0.15) is 13.2 Å². The van der Waals surface area contributed by atoms with Crippen molar-refractivity contribution in [1.82, 2.24) is 9.62 Å². The number of halogens is 4. The normalized spacial score (nSPS) is 17.0. The van der Waals surface area contributed by atoms with Gasteiger partial charge in [0.25, 0.3) is 5.91 Å². The van der Waals surface area contributed by atoms with Gasteiger partial charge in [0.1, 0.15) is 12.4 Å². The monoisotopic (exact) mass is 487 g/mol. The Kier molecular flexibility index (Phi) is 7.38. The molecule has 2 N–H and O–H groups in total. The Balaban J connectivity index is 1.60. The summed E-state index contributed by atoms with van der Waals surface area (Å²) in [6.45, 7) is -1.07. The van der Waals surface area contributed by atoms with Crippen LogP contribution in [0.3, 0.4) is 0 Å². The zero-order valence-electron chi connectivity index (χ0n) is 17.2. The number of alkyl halides is 3. The number of carbonyl (C=O) groups is 2. The van der Waals surface area contributed by atoms with Crippen molar-refractivity contribution < 1.29 is 35.6 Å². The predicted molar refractivity (Wildman–Crippen MR) is 111 cm³/mol. The second kappa shape index (κ2) is 9.87. The molecule has 2 aromatic carbocycles. The van der Waals surface area contributed by atoms with Crippen LogP contribution in [-0.4, -0.2) is 50.9 Å².